The Morgan fingerprint density at radius 1 is 1.39 bits per heavy atom. The van der Waals surface area contributed by atoms with Crippen molar-refractivity contribution in [2.45, 2.75) is 51.0 Å². The summed E-state index contributed by atoms with van der Waals surface area (Å²) in [5.41, 5.74) is 2.86. The van der Waals surface area contributed by atoms with E-state index in [1.54, 1.807) is 0 Å². The number of aliphatic hydroxyl groups excluding tert-OH is 1. The molecule has 0 amide bonds. The molecule has 1 aromatic rings. The minimum Gasteiger partial charge on any atom is -0.396 e. The van der Waals surface area contributed by atoms with Crippen molar-refractivity contribution in [1.82, 2.24) is 5.32 Å². The van der Waals surface area contributed by atoms with Crippen molar-refractivity contribution in [3.8, 4) is 0 Å². The van der Waals surface area contributed by atoms with Gasteiger partial charge >= 0.3 is 0 Å². The molecule has 0 heterocycles. The van der Waals surface area contributed by atoms with Gasteiger partial charge in [0.05, 0.1) is 0 Å². The fourth-order valence-electron chi connectivity index (χ4n) is 3.20. The van der Waals surface area contributed by atoms with E-state index in [2.05, 4.69) is 43.4 Å². The lowest BCUT2D eigenvalue weighted by atomic mass is 9.71. The van der Waals surface area contributed by atoms with Crippen LogP contribution in [0.4, 0.5) is 0 Å². The molecule has 2 N–H and O–H groups in total. The molecular weight excluding hydrogens is 222 g/mol. The Kier molecular flexibility index (Phi) is 4.41. The van der Waals surface area contributed by atoms with Crippen molar-refractivity contribution in [2.24, 2.45) is 0 Å². The Morgan fingerprint density at radius 3 is 2.89 bits per heavy atom. The summed E-state index contributed by atoms with van der Waals surface area (Å²) < 4.78 is 0. The first-order chi connectivity index (χ1) is 8.73. The molecular formula is C16H25NO. The number of fused-ring (bicyclic) bond motifs is 1. The number of nitrogens with one attached hydrogen (secondary N) is 1. The maximum absolute atomic E-state index is 9.43. The molecule has 2 unspecified atom stereocenters. The summed E-state index contributed by atoms with van der Waals surface area (Å²) >= 11 is 0. The fourth-order valence-corrected chi connectivity index (χ4v) is 3.20. The van der Waals surface area contributed by atoms with Gasteiger partial charge in [0.25, 0.3) is 0 Å². The first-order valence-electron chi connectivity index (χ1n) is 7.19. The summed E-state index contributed by atoms with van der Waals surface area (Å²) in [4.78, 5) is 0. The van der Waals surface area contributed by atoms with Gasteiger partial charge in [-0.3, -0.25) is 0 Å². The molecule has 0 radical (unpaired) electrons. The number of hydrogen-bond donors (Lipinski definition) is 2. The molecule has 0 saturated carbocycles. The van der Waals surface area contributed by atoms with Crippen LogP contribution in [-0.4, -0.2) is 18.3 Å². The predicted octanol–water partition coefficient (Wildman–Crippen LogP) is 3.16. The van der Waals surface area contributed by atoms with Gasteiger partial charge in [-0.1, -0.05) is 38.1 Å². The number of benzene rings is 1. The van der Waals surface area contributed by atoms with Gasteiger partial charge in [-0.2, -0.15) is 0 Å². The van der Waals surface area contributed by atoms with Crippen molar-refractivity contribution >= 4 is 0 Å². The Labute approximate surface area is 110 Å². The first-order valence-corrected chi connectivity index (χ1v) is 7.19. The van der Waals surface area contributed by atoms with Gasteiger partial charge in [-0.25, -0.2) is 0 Å². The molecule has 2 heteroatoms. The standard InChI is InChI=1S/C16H25NO/c1-3-11-17-16(10-12-18)9-8-13(2)14-6-4-5-7-15(14)16/h4-7,13,17-18H,3,8-12H2,1-2H3. The van der Waals surface area contributed by atoms with E-state index < -0.39 is 0 Å². The maximum Gasteiger partial charge on any atom is 0.0459 e. The van der Waals surface area contributed by atoms with Crippen molar-refractivity contribution in [1.29, 1.82) is 0 Å². The molecule has 100 valence electrons. The highest BCUT2D eigenvalue weighted by Gasteiger charge is 2.37. The monoisotopic (exact) mass is 247 g/mol. The van der Waals surface area contributed by atoms with E-state index in [0.29, 0.717) is 5.92 Å². The molecule has 0 bridgehead atoms. The van der Waals surface area contributed by atoms with Crippen LogP contribution in [0.3, 0.4) is 0 Å². The normalized spacial score (nSPS) is 26.9. The molecule has 2 rings (SSSR count). The summed E-state index contributed by atoms with van der Waals surface area (Å²) in [6.07, 6.45) is 4.28. The topological polar surface area (TPSA) is 32.3 Å². The van der Waals surface area contributed by atoms with Gasteiger partial charge < -0.3 is 10.4 Å². The van der Waals surface area contributed by atoms with Gasteiger partial charge in [-0.05, 0) is 49.3 Å². The molecule has 1 aliphatic rings. The molecule has 1 aliphatic carbocycles. The lowest BCUT2D eigenvalue weighted by molar-refractivity contribution is 0.185. The molecule has 18 heavy (non-hydrogen) atoms. The predicted molar refractivity (Wildman–Crippen MR) is 75.8 cm³/mol. The molecule has 2 atom stereocenters. The molecule has 2 nitrogen and oxygen atoms in total. The Balaban J connectivity index is 2.38. The average Bonchev–Trinajstić information content (AvgIpc) is 2.41. The lowest BCUT2D eigenvalue weighted by Gasteiger charge is -2.42. The van der Waals surface area contributed by atoms with Crippen LogP contribution < -0.4 is 5.32 Å². The van der Waals surface area contributed by atoms with Gasteiger partial charge in [0.15, 0.2) is 0 Å². The van der Waals surface area contributed by atoms with E-state index in [-0.39, 0.29) is 12.1 Å². The molecule has 0 aromatic heterocycles. The third-order valence-corrected chi connectivity index (χ3v) is 4.26. The summed E-state index contributed by atoms with van der Waals surface area (Å²) in [5.74, 6) is 0.636. The summed E-state index contributed by atoms with van der Waals surface area (Å²) in [6, 6.07) is 8.74. The van der Waals surface area contributed by atoms with Crippen molar-refractivity contribution in [2.75, 3.05) is 13.2 Å². The molecule has 0 saturated heterocycles. The molecule has 0 spiro atoms. The van der Waals surface area contributed by atoms with Crippen molar-refractivity contribution in [3.63, 3.8) is 0 Å². The van der Waals surface area contributed by atoms with Gasteiger partial charge in [-0.15, -0.1) is 0 Å². The number of rotatable bonds is 5. The van der Waals surface area contributed by atoms with E-state index in [9.17, 15) is 5.11 Å². The third kappa shape index (κ3) is 2.45. The van der Waals surface area contributed by atoms with Crippen LogP contribution in [0.1, 0.15) is 56.6 Å². The van der Waals surface area contributed by atoms with Crippen LogP contribution >= 0.6 is 0 Å². The van der Waals surface area contributed by atoms with E-state index in [4.69, 9.17) is 0 Å². The Hall–Kier alpha value is -0.860. The number of hydrogen-bond acceptors (Lipinski definition) is 2. The first kappa shape index (κ1) is 13.6. The SMILES string of the molecule is CCCNC1(CCO)CCC(C)c2ccccc21. The largest absolute Gasteiger partial charge is 0.396 e. The van der Waals surface area contributed by atoms with Crippen molar-refractivity contribution < 1.29 is 5.11 Å². The zero-order valence-electron chi connectivity index (χ0n) is 11.6. The maximum atomic E-state index is 9.43. The van der Waals surface area contributed by atoms with Crippen LogP contribution in [-0.2, 0) is 5.54 Å². The van der Waals surface area contributed by atoms with E-state index in [0.717, 1.165) is 25.8 Å². The average molecular weight is 247 g/mol. The molecule has 0 aliphatic heterocycles. The van der Waals surface area contributed by atoms with E-state index in [1.165, 1.54) is 17.5 Å². The quantitative estimate of drug-likeness (QED) is 0.837. The van der Waals surface area contributed by atoms with E-state index >= 15 is 0 Å². The van der Waals surface area contributed by atoms with Crippen molar-refractivity contribution in [3.05, 3.63) is 35.4 Å². The Morgan fingerprint density at radius 2 is 2.17 bits per heavy atom. The third-order valence-electron chi connectivity index (χ3n) is 4.26. The van der Waals surface area contributed by atoms with E-state index in [1.807, 2.05) is 0 Å². The second-order valence-electron chi connectivity index (χ2n) is 5.51. The van der Waals surface area contributed by atoms with Crippen LogP contribution in [0, 0.1) is 0 Å². The summed E-state index contributed by atoms with van der Waals surface area (Å²) in [5, 5.41) is 13.1. The highest BCUT2D eigenvalue weighted by Crippen LogP contribution is 2.42. The highest BCUT2D eigenvalue weighted by molar-refractivity contribution is 5.38. The summed E-state index contributed by atoms with van der Waals surface area (Å²) in [6.45, 7) is 5.76. The zero-order valence-corrected chi connectivity index (χ0v) is 11.6. The number of aliphatic hydroxyl groups is 1. The lowest BCUT2D eigenvalue weighted by Crippen LogP contribution is -2.46. The smallest absolute Gasteiger partial charge is 0.0459 e. The zero-order chi connectivity index (χ0) is 13.0. The van der Waals surface area contributed by atoms with Crippen LogP contribution in [0.15, 0.2) is 24.3 Å². The second-order valence-corrected chi connectivity index (χ2v) is 5.51. The van der Waals surface area contributed by atoms with Crippen LogP contribution in [0.2, 0.25) is 0 Å². The minimum absolute atomic E-state index is 0.00609. The molecule has 1 aromatic carbocycles. The molecule has 0 fully saturated rings. The van der Waals surface area contributed by atoms with Gasteiger partial charge in [0, 0.05) is 12.1 Å². The highest BCUT2D eigenvalue weighted by atomic mass is 16.3. The summed E-state index contributed by atoms with van der Waals surface area (Å²) in [7, 11) is 0. The fraction of sp³-hybridized carbons (Fsp3) is 0.625. The van der Waals surface area contributed by atoms with Crippen LogP contribution in [0.25, 0.3) is 0 Å². The van der Waals surface area contributed by atoms with Gasteiger partial charge in [0.1, 0.15) is 0 Å². The van der Waals surface area contributed by atoms with Crippen LogP contribution in [0.5, 0.6) is 0 Å². The van der Waals surface area contributed by atoms with Gasteiger partial charge in [0.2, 0.25) is 0 Å². The second kappa shape index (κ2) is 5.85. The Bertz CT molecular complexity index is 390. The minimum atomic E-state index is -0.00609.